The van der Waals surface area contributed by atoms with Crippen molar-refractivity contribution in [3.8, 4) is 0 Å². The van der Waals surface area contributed by atoms with Gasteiger partial charge in [-0.15, -0.1) is 0 Å². The molecule has 9 aliphatic rings. The van der Waals surface area contributed by atoms with Crippen LogP contribution in [0.2, 0.25) is 0 Å². The Bertz CT molecular complexity index is 2340. The number of aliphatic hydroxyl groups is 19. The molecular weight excluding hydrogens is 1180 g/mol. The van der Waals surface area contributed by atoms with Gasteiger partial charge in [-0.05, 0) is 106 Å². The van der Waals surface area contributed by atoms with Crippen LogP contribution in [0.25, 0.3) is 0 Å². The summed E-state index contributed by atoms with van der Waals surface area (Å²) in [5.41, 5.74) is -2.42. The van der Waals surface area contributed by atoms with E-state index in [1.54, 1.807) is 0 Å². The van der Waals surface area contributed by atoms with Gasteiger partial charge in [0.1, 0.15) is 110 Å². The molecular formula is C61H104O28. The summed E-state index contributed by atoms with van der Waals surface area (Å²) in [6, 6.07) is 0. The van der Waals surface area contributed by atoms with Crippen LogP contribution in [-0.2, 0) is 42.6 Å². The van der Waals surface area contributed by atoms with Crippen molar-refractivity contribution < 1.29 is 140 Å². The molecule has 4 aliphatic heterocycles. The van der Waals surface area contributed by atoms with Crippen molar-refractivity contribution in [3.63, 3.8) is 0 Å². The van der Waals surface area contributed by atoms with Crippen LogP contribution in [0.4, 0.5) is 0 Å². The Hall–Kier alpha value is -1.38. The Kier molecular flexibility index (Phi) is 22.3. The highest BCUT2D eigenvalue weighted by atomic mass is 16.8. The maximum atomic E-state index is 12.8. The third-order valence-corrected chi connectivity index (χ3v) is 23.4. The minimum absolute atomic E-state index is 0.00478. The molecule has 4 heterocycles. The van der Waals surface area contributed by atoms with Crippen LogP contribution in [0.3, 0.4) is 0 Å². The van der Waals surface area contributed by atoms with Gasteiger partial charge in [0.15, 0.2) is 25.2 Å². The third-order valence-electron chi connectivity index (χ3n) is 23.4. The zero-order valence-corrected chi connectivity index (χ0v) is 52.1. The van der Waals surface area contributed by atoms with E-state index in [9.17, 15) is 97.0 Å². The molecule has 89 heavy (non-hydrogen) atoms. The number of rotatable bonds is 20. The molecule has 0 aromatic carbocycles. The summed E-state index contributed by atoms with van der Waals surface area (Å²) in [6.07, 6.45) is -34.6. The molecule has 0 bridgehead atoms. The molecule has 0 aromatic heterocycles. The standard InChI is InChI=1S/C61H104O28/c1-24(9-13-37(58(4,5)80)88-56-52(89-55-51(79)46(74)41(69)31(21-64)84-55)48(76)43(71)33(86-56)23-82-53-49(77)45(73)40(68)30(20-63)83-53)26-15-16-59(6)34-12-10-27-28(61(34,8)35(65)18-60(26,59)7)11-14-36(57(27,2)3)87-54-50(78)47(75)42(70)32(85-54)22-81-29-17-25(19-62)38(66)44(72)39(29)67/h10,24-26,28-56,62-80H,9,11-23H2,1-8H3/t24-,25-,26?,28?,29-,30-,31+,32-,33-,34?,35-,36+,37-,38-,39+,40-,41+,42-,43-,44+,45+,46-,47+,48+,49-,50-,51+,52-,53-,54+,55-,56+,59+,60-,61+/m1/s1. The first-order valence-corrected chi connectivity index (χ1v) is 31.9. The highest BCUT2D eigenvalue weighted by Gasteiger charge is 2.70. The molecule has 5 aliphatic carbocycles. The Labute approximate surface area is 518 Å². The van der Waals surface area contributed by atoms with Crippen LogP contribution in [-0.4, -0.2) is 301 Å². The molecule has 0 aromatic rings. The predicted molar refractivity (Wildman–Crippen MR) is 303 cm³/mol. The van der Waals surface area contributed by atoms with E-state index < -0.39 is 214 Å². The highest BCUT2D eigenvalue weighted by molar-refractivity contribution is 5.32. The molecule has 9 rings (SSSR count). The Morgan fingerprint density at radius 1 is 0.551 bits per heavy atom. The molecule has 516 valence electrons. The van der Waals surface area contributed by atoms with E-state index in [1.165, 1.54) is 13.8 Å². The number of fused-ring (bicyclic) bond motifs is 5. The van der Waals surface area contributed by atoms with Gasteiger partial charge in [0.2, 0.25) is 0 Å². The number of ether oxygens (including phenoxy) is 9. The van der Waals surface area contributed by atoms with Gasteiger partial charge < -0.3 is 140 Å². The Balaban J connectivity index is 0.883. The maximum Gasteiger partial charge on any atom is 0.187 e. The van der Waals surface area contributed by atoms with Crippen LogP contribution >= 0.6 is 0 Å². The predicted octanol–water partition coefficient (Wildman–Crippen LogP) is -4.74. The molecule has 19 N–H and O–H groups in total. The van der Waals surface area contributed by atoms with Crippen molar-refractivity contribution in [2.24, 2.45) is 51.2 Å². The van der Waals surface area contributed by atoms with Crippen molar-refractivity contribution in [1.29, 1.82) is 0 Å². The minimum atomic E-state index is -1.95. The van der Waals surface area contributed by atoms with E-state index in [4.69, 9.17) is 42.6 Å². The summed E-state index contributed by atoms with van der Waals surface area (Å²) in [7, 11) is 0. The number of hydrogen-bond acceptors (Lipinski definition) is 28. The van der Waals surface area contributed by atoms with Gasteiger partial charge in [-0.2, -0.15) is 0 Å². The second-order valence-corrected chi connectivity index (χ2v) is 29.2. The van der Waals surface area contributed by atoms with Crippen LogP contribution in [0.1, 0.15) is 113 Å². The van der Waals surface area contributed by atoms with Gasteiger partial charge in [-0.1, -0.05) is 53.2 Å². The summed E-state index contributed by atoms with van der Waals surface area (Å²) in [4.78, 5) is 0. The molecule has 28 nitrogen and oxygen atoms in total. The monoisotopic (exact) mass is 1280 g/mol. The minimum Gasteiger partial charge on any atom is -0.396 e. The van der Waals surface area contributed by atoms with Gasteiger partial charge in [-0.3, -0.25) is 0 Å². The summed E-state index contributed by atoms with van der Waals surface area (Å²) in [6.45, 7) is 13.0. The molecule has 0 amide bonds. The lowest BCUT2D eigenvalue weighted by atomic mass is 9.38. The molecule has 4 saturated heterocycles. The fourth-order valence-corrected chi connectivity index (χ4v) is 17.5. The van der Waals surface area contributed by atoms with Crippen LogP contribution in [0.15, 0.2) is 11.6 Å². The van der Waals surface area contributed by atoms with Crippen molar-refractivity contribution in [2.45, 2.75) is 284 Å². The number of allylic oxidation sites excluding steroid dienone is 1. The van der Waals surface area contributed by atoms with Crippen molar-refractivity contribution >= 4 is 0 Å². The second-order valence-electron chi connectivity index (χ2n) is 29.2. The zero-order chi connectivity index (χ0) is 65.5. The molecule has 35 atom stereocenters. The molecule has 3 unspecified atom stereocenters. The normalized spacial score (nSPS) is 51.8. The maximum absolute atomic E-state index is 12.8. The summed E-state index contributed by atoms with van der Waals surface area (Å²) in [5.74, 6) is -0.763. The fraction of sp³-hybridized carbons (Fsp3) is 0.967. The molecule has 0 radical (unpaired) electrons. The van der Waals surface area contributed by atoms with E-state index in [1.807, 2.05) is 0 Å². The van der Waals surface area contributed by atoms with Crippen LogP contribution < -0.4 is 0 Å². The molecule has 4 saturated carbocycles. The van der Waals surface area contributed by atoms with Gasteiger partial charge in [0.25, 0.3) is 0 Å². The second kappa shape index (κ2) is 27.6. The van der Waals surface area contributed by atoms with E-state index in [-0.39, 0.29) is 54.0 Å². The smallest absolute Gasteiger partial charge is 0.187 e. The Morgan fingerprint density at radius 2 is 1.07 bits per heavy atom. The molecule has 28 heteroatoms. The number of hydrogen-bond donors (Lipinski definition) is 19. The lowest BCUT2D eigenvalue weighted by Crippen LogP contribution is -2.65. The largest absolute Gasteiger partial charge is 0.396 e. The first-order valence-electron chi connectivity index (χ1n) is 31.9. The van der Waals surface area contributed by atoms with Crippen molar-refractivity contribution in [1.82, 2.24) is 0 Å². The van der Waals surface area contributed by atoms with E-state index in [0.717, 1.165) is 18.4 Å². The topological polar surface area (TPSA) is 467 Å². The van der Waals surface area contributed by atoms with Gasteiger partial charge in [0, 0.05) is 23.4 Å². The lowest BCUT2D eigenvalue weighted by molar-refractivity contribution is -0.380. The van der Waals surface area contributed by atoms with E-state index in [0.29, 0.717) is 32.1 Å². The van der Waals surface area contributed by atoms with Crippen molar-refractivity contribution in [2.75, 3.05) is 33.0 Å². The van der Waals surface area contributed by atoms with Crippen LogP contribution in [0, 0.1) is 51.2 Å². The zero-order valence-electron chi connectivity index (χ0n) is 52.1. The first-order chi connectivity index (χ1) is 41.6. The summed E-state index contributed by atoms with van der Waals surface area (Å²) >= 11 is 0. The van der Waals surface area contributed by atoms with Crippen LogP contribution in [0.5, 0.6) is 0 Å². The highest BCUT2D eigenvalue weighted by Crippen LogP contribution is 2.75. The summed E-state index contributed by atoms with van der Waals surface area (Å²) < 4.78 is 54.2. The van der Waals surface area contributed by atoms with E-state index in [2.05, 4.69) is 47.6 Å². The third kappa shape index (κ3) is 13.1. The average molecular weight is 1290 g/mol. The van der Waals surface area contributed by atoms with Gasteiger partial charge >= 0.3 is 0 Å². The van der Waals surface area contributed by atoms with Crippen molar-refractivity contribution in [3.05, 3.63) is 11.6 Å². The SMILES string of the molecule is C[C@H](CC[C@@H](O[C@@H]1O[C@H](CO[C@@H]2O[C@H](CO)[C@@H](O)[C@H](O)[C@H]2O)[C@@H](O)[C@H](O)[C@H]1O[C@H]1O[C@@H](CO)[C@H](O)[C@@H](O)[C@@H]1O)C(C)(C)O)C1CC[C@@]2(C)C3CC=C4C(CC[C@H](O[C@@H]5O[C@H](CO[C@@H]6C[C@H](CO)[C@@H](O)[C@H](O)[C@H]6O)[C@@H](O)[C@H](O)[C@H]5O)C4(C)C)[C@]3(C)[C@H](O)C[C@]12C. The van der Waals surface area contributed by atoms with Gasteiger partial charge in [0.05, 0.1) is 62.5 Å². The fourth-order valence-electron chi connectivity index (χ4n) is 17.5. The van der Waals surface area contributed by atoms with Gasteiger partial charge in [-0.25, -0.2) is 0 Å². The lowest BCUT2D eigenvalue weighted by Gasteiger charge is -2.67. The number of aliphatic hydroxyl groups excluding tert-OH is 18. The quantitative estimate of drug-likeness (QED) is 0.0509. The Morgan fingerprint density at radius 3 is 1.65 bits per heavy atom. The first kappa shape index (κ1) is 71.9. The molecule has 8 fully saturated rings. The molecule has 0 spiro atoms. The summed E-state index contributed by atoms with van der Waals surface area (Å²) in [5, 5.41) is 206. The van der Waals surface area contributed by atoms with E-state index >= 15 is 0 Å². The average Bonchev–Trinajstić information content (AvgIpc) is 1.66.